The van der Waals surface area contributed by atoms with Gasteiger partial charge in [-0.3, -0.25) is 9.48 Å². The van der Waals surface area contributed by atoms with Crippen LogP contribution in [0.2, 0.25) is 0 Å². The number of nitrogens with zero attached hydrogens (tertiary/aromatic N) is 3. The Kier molecular flexibility index (Phi) is 3.43. The minimum absolute atomic E-state index is 0.0533. The van der Waals surface area contributed by atoms with E-state index in [1.165, 1.54) is 0 Å². The van der Waals surface area contributed by atoms with Crippen LogP contribution in [0.5, 0.6) is 0 Å². The zero-order chi connectivity index (χ0) is 13.4. The number of rotatable bonds is 3. The second kappa shape index (κ2) is 4.72. The predicted molar refractivity (Wildman–Crippen MR) is 69.9 cm³/mol. The first-order valence-electron chi connectivity index (χ1n) is 6.53. The van der Waals surface area contributed by atoms with Gasteiger partial charge in [-0.1, -0.05) is 0 Å². The van der Waals surface area contributed by atoms with Gasteiger partial charge in [-0.2, -0.15) is 5.10 Å². The predicted octanol–water partition coefficient (Wildman–Crippen LogP) is 1.47. The molecular weight excluding hydrogens is 228 g/mol. The lowest BCUT2D eigenvalue weighted by molar-refractivity contribution is -0.130. The minimum Gasteiger partial charge on any atom is -0.330 e. The fraction of sp³-hybridized carbons (Fsp3) is 0.692. The van der Waals surface area contributed by atoms with Crippen LogP contribution >= 0.6 is 0 Å². The average molecular weight is 250 g/mol. The van der Waals surface area contributed by atoms with Gasteiger partial charge < -0.3 is 10.6 Å². The summed E-state index contributed by atoms with van der Waals surface area (Å²) in [5, 5.41) is 4.34. The second-order valence-corrected chi connectivity index (χ2v) is 5.50. The van der Waals surface area contributed by atoms with Gasteiger partial charge in [-0.15, -0.1) is 0 Å². The smallest absolute Gasteiger partial charge is 0.225 e. The van der Waals surface area contributed by atoms with Crippen LogP contribution in [0.3, 0.4) is 0 Å². The third-order valence-electron chi connectivity index (χ3n) is 3.45. The van der Waals surface area contributed by atoms with Crippen molar-refractivity contribution in [1.82, 2.24) is 14.7 Å². The molecule has 1 aliphatic heterocycles. The highest BCUT2D eigenvalue weighted by atomic mass is 16.2. The summed E-state index contributed by atoms with van der Waals surface area (Å²) in [5.41, 5.74) is 7.19. The van der Waals surface area contributed by atoms with Crippen LogP contribution in [0.1, 0.15) is 51.9 Å². The molecule has 0 unspecified atom stereocenters. The Labute approximate surface area is 108 Å². The van der Waals surface area contributed by atoms with Crippen LogP contribution in [-0.2, 0) is 4.79 Å². The number of amides is 1. The summed E-state index contributed by atoms with van der Waals surface area (Å²) in [5.74, 6) is 0.138. The molecule has 1 amide bonds. The number of hydrogen-bond donors (Lipinski definition) is 1. The van der Waals surface area contributed by atoms with Gasteiger partial charge >= 0.3 is 0 Å². The Morgan fingerprint density at radius 2 is 2.00 bits per heavy atom. The van der Waals surface area contributed by atoms with Crippen molar-refractivity contribution in [3.63, 3.8) is 0 Å². The molecule has 0 radical (unpaired) electrons. The molecule has 0 spiro atoms. The lowest BCUT2D eigenvalue weighted by atomic mass is 10.1. The molecule has 0 aromatic carbocycles. The van der Waals surface area contributed by atoms with Gasteiger partial charge in [0, 0.05) is 30.7 Å². The zero-order valence-corrected chi connectivity index (χ0v) is 11.5. The third kappa shape index (κ3) is 2.03. The molecule has 18 heavy (non-hydrogen) atoms. The standard InChI is InChI=1S/C13H22N4O/c1-8(2)16-12(18)7-10(14)13(16)11-5-6-15-17(11)9(3)4/h5-6,8-10,13H,7,14H2,1-4H3/t10-,13-/m1/s1. The molecule has 0 saturated carbocycles. The first kappa shape index (κ1) is 13.1. The van der Waals surface area contributed by atoms with Gasteiger partial charge in [0.1, 0.15) is 0 Å². The minimum atomic E-state index is -0.144. The summed E-state index contributed by atoms with van der Waals surface area (Å²) in [7, 11) is 0. The Morgan fingerprint density at radius 3 is 2.56 bits per heavy atom. The lowest BCUT2D eigenvalue weighted by Crippen LogP contribution is -2.39. The van der Waals surface area contributed by atoms with E-state index in [1.807, 2.05) is 29.5 Å². The van der Waals surface area contributed by atoms with E-state index in [0.29, 0.717) is 6.42 Å². The molecule has 100 valence electrons. The maximum atomic E-state index is 12.0. The normalized spacial score (nSPS) is 24.6. The van der Waals surface area contributed by atoms with Crippen molar-refractivity contribution in [2.75, 3.05) is 0 Å². The molecule has 1 saturated heterocycles. The van der Waals surface area contributed by atoms with Crippen molar-refractivity contribution < 1.29 is 4.79 Å². The molecule has 1 fully saturated rings. The van der Waals surface area contributed by atoms with Crippen molar-refractivity contribution in [3.05, 3.63) is 18.0 Å². The molecule has 5 heteroatoms. The molecule has 1 aromatic heterocycles. The number of nitrogens with two attached hydrogens (primary N) is 1. The van der Waals surface area contributed by atoms with Crippen molar-refractivity contribution in [2.45, 2.75) is 58.3 Å². The van der Waals surface area contributed by atoms with Crippen LogP contribution in [0.15, 0.2) is 12.3 Å². The fourth-order valence-corrected chi connectivity index (χ4v) is 2.74. The van der Waals surface area contributed by atoms with E-state index in [9.17, 15) is 4.79 Å². The SMILES string of the molecule is CC(C)N1C(=O)C[C@@H](N)[C@@H]1c1ccnn1C(C)C. The monoisotopic (exact) mass is 250 g/mol. The Balaban J connectivity index is 2.41. The van der Waals surface area contributed by atoms with Crippen LogP contribution < -0.4 is 5.73 Å². The molecule has 2 N–H and O–H groups in total. The molecule has 1 aliphatic rings. The molecular formula is C13H22N4O. The fourth-order valence-electron chi connectivity index (χ4n) is 2.74. The number of likely N-dealkylation sites (tertiary alicyclic amines) is 1. The third-order valence-corrected chi connectivity index (χ3v) is 3.45. The zero-order valence-electron chi connectivity index (χ0n) is 11.5. The van der Waals surface area contributed by atoms with Crippen LogP contribution in [0.4, 0.5) is 0 Å². The average Bonchev–Trinajstić information content (AvgIpc) is 2.81. The van der Waals surface area contributed by atoms with Crippen molar-refractivity contribution in [2.24, 2.45) is 5.73 Å². The first-order valence-corrected chi connectivity index (χ1v) is 6.53. The van der Waals surface area contributed by atoms with Crippen LogP contribution in [0.25, 0.3) is 0 Å². The van der Waals surface area contributed by atoms with Gasteiger partial charge in [0.25, 0.3) is 0 Å². The highest BCUT2D eigenvalue weighted by Gasteiger charge is 2.41. The summed E-state index contributed by atoms with van der Waals surface area (Å²) in [4.78, 5) is 13.9. The van der Waals surface area contributed by atoms with E-state index in [-0.39, 0.29) is 30.1 Å². The number of hydrogen-bond acceptors (Lipinski definition) is 3. The van der Waals surface area contributed by atoms with E-state index in [1.54, 1.807) is 6.20 Å². The number of aromatic nitrogens is 2. The molecule has 2 atom stereocenters. The maximum absolute atomic E-state index is 12.0. The molecule has 5 nitrogen and oxygen atoms in total. The quantitative estimate of drug-likeness (QED) is 0.883. The van der Waals surface area contributed by atoms with Crippen LogP contribution in [-0.4, -0.2) is 32.7 Å². The lowest BCUT2D eigenvalue weighted by Gasteiger charge is -2.31. The van der Waals surface area contributed by atoms with E-state index in [2.05, 4.69) is 18.9 Å². The van der Waals surface area contributed by atoms with Crippen molar-refractivity contribution in [3.8, 4) is 0 Å². The number of carbonyl (C=O) groups excluding carboxylic acids is 1. The first-order chi connectivity index (χ1) is 8.43. The molecule has 2 heterocycles. The Bertz CT molecular complexity index is 438. The molecule has 1 aromatic rings. The summed E-state index contributed by atoms with van der Waals surface area (Å²) in [6.45, 7) is 8.22. The second-order valence-electron chi connectivity index (χ2n) is 5.50. The van der Waals surface area contributed by atoms with E-state index in [0.717, 1.165) is 5.69 Å². The summed E-state index contributed by atoms with van der Waals surface area (Å²) < 4.78 is 1.96. The van der Waals surface area contributed by atoms with Crippen LogP contribution in [0, 0.1) is 0 Å². The molecule has 0 bridgehead atoms. The Morgan fingerprint density at radius 1 is 1.33 bits per heavy atom. The summed E-state index contributed by atoms with van der Waals surface area (Å²) in [6, 6.07) is 2.20. The summed E-state index contributed by atoms with van der Waals surface area (Å²) >= 11 is 0. The Hall–Kier alpha value is -1.36. The van der Waals surface area contributed by atoms with Gasteiger partial charge in [-0.25, -0.2) is 0 Å². The topological polar surface area (TPSA) is 64.2 Å². The van der Waals surface area contributed by atoms with E-state index >= 15 is 0 Å². The maximum Gasteiger partial charge on any atom is 0.225 e. The van der Waals surface area contributed by atoms with Gasteiger partial charge in [0.05, 0.1) is 11.7 Å². The van der Waals surface area contributed by atoms with E-state index < -0.39 is 0 Å². The van der Waals surface area contributed by atoms with Crippen molar-refractivity contribution >= 4 is 5.91 Å². The highest BCUT2D eigenvalue weighted by molar-refractivity contribution is 5.80. The number of carbonyl (C=O) groups is 1. The molecule has 2 rings (SSSR count). The largest absolute Gasteiger partial charge is 0.330 e. The van der Waals surface area contributed by atoms with Crippen molar-refractivity contribution in [1.29, 1.82) is 0 Å². The van der Waals surface area contributed by atoms with Gasteiger partial charge in [-0.05, 0) is 33.8 Å². The van der Waals surface area contributed by atoms with E-state index in [4.69, 9.17) is 5.73 Å². The van der Waals surface area contributed by atoms with Gasteiger partial charge in [0.2, 0.25) is 5.91 Å². The van der Waals surface area contributed by atoms with Gasteiger partial charge in [0.15, 0.2) is 0 Å². The molecule has 0 aliphatic carbocycles. The highest BCUT2D eigenvalue weighted by Crippen LogP contribution is 2.34. The summed E-state index contributed by atoms with van der Waals surface area (Å²) in [6.07, 6.45) is 2.20.